The Labute approximate surface area is 109 Å². The number of nitrogens with zero attached hydrogens (tertiary/aromatic N) is 1. The van der Waals surface area contributed by atoms with E-state index in [0.29, 0.717) is 0 Å². The van der Waals surface area contributed by atoms with E-state index in [2.05, 4.69) is 41.4 Å². The van der Waals surface area contributed by atoms with Crippen LogP contribution in [0.2, 0.25) is 0 Å². The molecule has 2 aliphatic rings. The summed E-state index contributed by atoms with van der Waals surface area (Å²) in [5.41, 5.74) is 2.92. The van der Waals surface area contributed by atoms with E-state index in [1.807, 2.05) is 0 Å². The van der Waals surface area contributed by atoms with Gasteiger partial charge in [-0.25, -0.2) is 0 Å². The van der Waals surface area contributed by atoms with Gasteiger partial charge in [0.1, 0.15) is 0 Å². The van der Waals surface area contributed by atoms with Crippen LogP contribution in [0, 0.1) is 0 Å². The SMILES string of the molecule is CC1(c2ccc(N3CCOCC3)cc2)CCCN1. The first-order valence-corrected chi connectivity index (χ1v) is 6.96. The molecule has 1 unspecified atom stereocenters. The summed E-state index contributed by atoms with van der Waals surface area (Å²) in [6.07, 6.45) is 2.52. The number of ether oxygens (including phenoxy) is 1. The van der Waals surface area contributed by atoms with Crippen molar-refractivity contribution >= 4 is 5.69 Å². The molecule has 0 bridgehead atoms. The molecule has 0 saturated carbocycles. The van der Waals surface area contributed by atoms with Gasteiger partial charge in [-0.05, 0) is 44.0 Å². The van der Waals surface area contributed by atoms with Crippen molar-refractivity contribution in [3.05, 3.63) is 29.8 Å². The van der Waals surface area contributed by atoms with Crippen molar-refractivity contribution in [1.29, 1.82) is 0 Å². The van der Waals surface area contributed by atoms with Crippen LogP contribution in [-0.2, 0) is 10.3 Å². The minimum Gasteiger partial charge on any atom is -0.378 e. The smallest absolute Gasteiger partial charge is 0.0642 e. The van der Waals surface area contributed by atoms with Crippen molar-refractivity contribution in [3.63, 3.8) is 0 Å². The van der Waals surface area contributed by atoms with Crippen LogP contribution >= 0.6 is 0 Å². The predicted octanol–water partition coefficient (Wildman–Crippen LogP) is 2.12. The first kappa shape index (κ1) is 12.0. The molecule has 0 aromatic heterocycles. The van der Waals surface area contributed by atoms with Gasteiger partial charge in [0.2, 0.25) is 0 Å². The molecule has 98 valence electrons. The molecule has 0 amide bonds. The van der Waals surface area contributed by atoms with E-state index in [1.165, 1.54) is 24.1 Å². The summed E-state index contributed by atoms with van der Waals surface area (Å²) in [6.45, 7) is 7.16. The van der Waals surface area contributed by atoms with Gasteiger partial charge in [-0.3, -0.25) is 0 Å². The van der Waals surface area contributed by atoms with E-state index in [9.17, 15) is 0 Å². The number of morpholine rings is 1. The average molecular weight is 246 g/mol. The summed E-state index contributed by atoms with van der Waals surface area (Å²) in [4.78, 5) is 2.40. The van der Waals surface area contributed by atoms with Gasteiger partial charge in [0.15, 0.2) is 0 Å². The second kappa shape index (κ2) is 4.90. The number of hydrogen-bond acceptors (Lipinski definition) is 3. The molecule has 2 saturated heterocycles. The highest BCUT2D eigenvalue weighted by molar-refractivity contribution is 5.49. The molecule has 18 heavy (non-hydrogen) atoms. The zero-order valence-corrected chi connectivity index (χ0v) is 11.1. The quantitative estimate of drug-likeness (QED) is 0.865. The first-order valence-electron chi connectivity index (χ1n) is 6.96. The minimum absolute atomic E-state index is 0.184. The molecule has 3 heteroatoms. The molecule has 1 aromatic rings. The standard InChI is InChI=1S/C15H22N2O/c1-15(7-2-8-16-15)13-3-5-14(6-4-13)17-9-11-18-12-10-17/h3-6,16H,2,7-12H2,1H3. The lowest BCUT2D eigenvalue weighted by Crippen LogP contribution is -2.36. The molecule has 1 aromatic carbocycles. The van der Waals surface area contributed by atoms with Gasteiger partial charge < -0.3 is 15.0 Å². The Morgan fingerprint density at radius 3 is 2.50 bits per heavy atom. The van der Waals surface area contributed by atoms with Crippen molar-refractivity contribution in [2.75, 3.05) is 37.7 Å². The first-order chi connectivity index (χ1) is 8.78. The highest BCUT2D eigenvalue weighted by Crippen LogP contribution is 2.31. The zero-order valence-electron chi connectivity index (χ0n) is 11.1. The van der Waals surface area contributed by atoms with E-state index in [-0.39, 0.29) is 5.54 Å². The lowest BCUT2D eigenvalue weighted by molar-refractivity contribution is 0.122. The van der Waals surface area contributed by atoms with Crippen LogP contribution in [0.3, 0.4) is 0 Å². The van der Waals surface area contributed by atoms with Gasteiger partial charge in [0.25, 0.3) is 0 Å². The lowest BCUT2D eigenvalue weighted by atomic mass is 9.90. The predicted molar refractivity (Wildman–Crippen MR) is 74.1 cm³/mol. The van der Waals surface area contributed by atoms with Crippen LogP contribution in [0.25, 0.3) is 0 Å². The Balaban J connectivity index is 1.76. The normalized spacial score (nSPS) is 28.6. The molecule has 0 aliphatic carbocycles. The van der Waals surface area contributed by atoms with Gasteiger partial charge in [-0.2, -0.15) is 0 Å². The van der Waals surface area contributed by atoms with Crippen LogP contribution in [0.15, 0.2) is 24.3 Å². The zero-order chi connectivity index (χ0) is 12.4. The fraction of sp³-hybridized carbons (Fsp3) is 0.600. The maximum Gasteiger partial charge on any atom is 0.0642 e. The van der Waals surface area contributed by atoms with E-state index < -0.39 is 0 Å². The molecule has 1 N–H and O–H groups in total. The van der Waals surface area contributed by atoms with Gasteiger partial charge in [-0.1, -0.05) is 12.1 Å². The third-order valence-electron chi connectivity index (χ3n) is 4.25. The van der Waals surface area contributed by atoms with Gasteiger partial charge in [-0.15, -0.1) is 0 Å². The molecule has 0 radical (unpaired) electrons. The maximum absolute atomic E-state index is 5.39. The minimum atomic E-state index is 0.184. The van der Waals surface area contributed by atoms with Crippen LogP contribution in [0.5, 0.6) is 0 Å². The Morgan fingerprint density at radius 1 is 1.17 bits per heavy atom. The molecular formula is C15H22N2O. The Bertz CT molecular complexity index is 389. The highest BCUT2D eigenvalue weighted by atomic mass is 16.5. The van der Waals surface area contributed by atoms with E-state index in [0.717, 1.165) is 32.8 Å². The van der Waals surface area contributed by atoms with Crippen LogP contribution in [0.1, 0.15) is 25.3 Å². The van der Waals surface area contributed by atoms with Crippen LogP contribution < -0.4 is 10.2 Å². The Hall–Kier alpha value is -1.06. The summed E-state index contributed by atoms with van der Waals surface area (Å²) in [5.74, 6) is 0. The number of nitrogens with one attached hydrogen (secondary N) is 1. The molecule has 2 fully saturated rings. The lowest BCUT2D eigenvalue weighted by Gasteiger charge is -2.30. The van der Waals surface area contributed by atoms with Crippen molar-refractivity contribution in [2.24, 2.45) is 0 Å². The van der Waals surface area contributed by atoms with Crippen molar-refractivity contribution < 1.29 is 4.74 Å². The molecule has 2 aliphatic heterocycles. The van der Waals surface area contributed by atoms with E-state index in [1.54, 1.807) is 0 Å². The molecular weight excluding hydrogens is 224 g/mol. The number of hydrogen-bond donors (Lipinski definition) is 1. The fourth-order valence-corrected chi connectivity index (χ4v) is 3.00. The summed E-state index contributed by atoms with van der Waals surface area (Å²) in [5, 5.41) is 3.61. The van der Waals surface area contributed by atoms with Crippen molar-refractivity contribution in [1.82, 2.24) is 5.32 Å². The average Bonchev–Trinajstić information content (AvgIpc) is 2.88. The monoisotopic (exact) mass is 246 g/mol. The van der Waals surface area contributed by atoms with Crippen LogP contribution in [-0.4, -0.2) is 32.8 Å². The van der Waals surface area contributed by atoms with E-state index >= 15 is 0 Å². The summed E-state index contributed by atoms with van der Waals surface area (Å²) in [6, 6.07) is 9.07. The van der Waals surface area contributed by atoms with Gasteiger partial charge >= 0.3 is 0 Å². The summed E-state index contributed by atoms with van der Waals surface area (Å²) < 4.78 is 5.39. The molecule has 1 atom stereocenters. The molecule has 2 heterocycles. The van der Waals surface area contributed by atoms with Gasteiger partial charge in [0, 0.05) is 24.3 Å². The third kappa shape index (κ3) is 2.25. The third-order valence-corrected chi connectivity index (χ3v) is 4.25. The number of rotatable bonds is 2. The highest BCUT2D eigenvalue weighted by Gasteiger charge is 2.29. The second-order valence-corrected chi connectivity index (χ2v) is 5.51. The fourth-order valence-electron chi connectivity index (χ4n) is 3.00. The Kier molecular flexibility index (Phi) is 3.27. The number of benzene rings is 1. The van der Waals surface area contributed by atoms with Crippen molar-refractivity contribution in [2.45, 2.75) is 25.3 Å². The summed E-state index contributed by atoms with van der Waals surface area (Å²) in [7, 11) is 0. The van der Waals surface area contributed by atoms with Crippen LogP contribution in [0.4, 0.5) is 5.69 Å². The summed E-state index contributed by atoms with van der Waals surface area (Å²) >= 11 is 0. The number of anilines is 1. The Morgan fingerprint density at radius 2 is 1.89 bits per heavy atom. The topological polar surface area (TPSA) is 24.5 Å². The molecule has 3 nitrogen and oxygen atoms in total. The van der Waals surface area contributed by atoms with Crippen molar-refractivity contribution in [3.8, 4) is 0 Å². The second-order valence-electron chi connectivity index (χ2n) is 5.51. The maximum atomic E-state index is 5.39. The molecule has 0 spiro atoms. The molecule has 3 rings (SSSR count). The van der Waals surface area contributed by atoms with Gasteiger partial charge in [0.05, 0.1) is 13.2 Å². The van der Waals surface area contributed by atoms with E-state index in [4.69, 9.17) is 4.74 Å². The largest absolute Gasteiger partial charge is 0.378 e.